The van der Waals surface area contributed by atoms with Gasteiger partial charge in [0.05, 0.1) is 24.3 Å². The van der Waals surface area contributed by atoms with Crippen molar-refractivity contribution in [2.24, 2.45) is 0 Å². The molecule has 0 radical (unpaired) electrons. The molecule has 1 atom stereocenters. The number of aliphatic hydroxyl groups excluding tert-OH is 1. The molecule has 1 saturated heterocycles. The normalized spacial score (nSPS) is 18.1. The molecule has 0 aliphatic carbocycles. The van der Waals surface area contributed by atoms with Crippen molar-refractivity contribution in [1.29, 1.82) is 0 Å². The van der Waals surface area contributed by atoms with E-state index in [-0.39, 0.29) is 29.0 Å². The van der Waals surface area contributed by atoms with Crippen molar-refractivity contribution in [3.8, 4) is 5.75 Å². The number of likely N-dealkylation sites (tertiary alicyclic amines) is 1. The highest BCUT2D eigenvalue weighted by molar-refractivity contribution is 6.46. The number of carbonyl (C=O) groups is 2. The van der Waals surface area contributed by atoms with Gasteiger partial charge >= 0.3 is 0 Å². The number of amides is 1. The molecule has 1 aliphatic rings. The number of nitrogens with zero attached hydrogens (tertiary/aromatic N) is 1. The molecule has 0 spiro atoms. The monoisotopic (exact) mass is 431 g/mol. The molecule has 0 saturated carbocycles. The summed E-state index contributed by atoms with van der Waals surface area (Å²) in [5.41, 5.74) is 0.135. The topological polar surface area (TPSA) is 66.8 Å². The molecule has 1 unspecified atom stereocenters. The SMILES string of the molecule is CCCCCN1C(=O)C(=O)/C(=C(/O)c2cc(Cl)ccc2OC)C1c1ccccc1F. The Morgan fingerprint density at radius 1 is 1.20 bits per heavy atom. The van der Waals surface area contributed by atoms with Crippen LogP contribution in [-0.4, -0.2) is 35.4 Å². The Morgan fingerprint density at radius 2 is 1.93 bits per heavy atom. The standard InChI is InChI=1S/C23H23ClFNO4/c1-3-4-7-12-26-20(15-8-5-6-9-17(15)25)19(22(28)23(26)29)21(27)16-13-14(24)10-11-18(16)30-2/h5-6,8-11,13,20,27H,3-4,7,12H2,1-2H3/b21-19+. The van der Waals surface area contributed by atoms with E-state index >= 15 is 0 Å². The van der Waals surface area contributed by atoms with Gasteiger partial charge in [-0.05, 0) is 30.7 Å². The second-order valence-corrected chi connectivity index (χ2v) is 7.50. The van der Waals surface area contributed by atoms with Crippen molar-refractivity contribution in [2.75, 3.05) is 13.7 Å². The fourth-order valence-corrected chi connectivity index (χ4v) is 3.85. The maximum absolute atomic E-state index is 14.7. The summed E-state index contributed by atoms with van der Waals surface area (Å²) in [7, 11) is 1.41. The number of rotatable bonds is 7. The first-order valence-electron chi connectivity index (χ1n) is 9.77. The van der Waals surface area contributed by atoms with Crippen LogP contribution in [0.1, 0.15) is 43.4 Å². The van der Waals surface area contributed by atoms with Crippen LogP contribution in [0.3, 0.4) is 0 Å². The lowest BCUT2D eigenvalue weighted by Crippen LogP contribution is -2.31. The van der Waals surface area contributed by atoms with E-state index in [9.17, 15) is 19.1 Å². The quantitative estimate of drug-likeness (QED) is 0.286. The average Bonchev–Trinajstić information content (AvgIpc) is 2.98. The number of methoxy groups -OCH3 is 1. The smallest absolute Gasteiger partial charge is 0.295 e. The first-order chi connectivity index (χ1) is 14.4. The fraction of sp³-hybridized carbons (Fsp3) is 0.304. The third-order valence-corrected chi connectivity index (χ3v) is 5.39. The van der Waals surface area contributed by atoms with Gasteiger partial charge in [-0.25, -0.2) is 4.39 Å². The van der Waals surface area contributed by atoms with E-state index in [0.717, 1.165) is 12.8 Å². The molecule has 1 amide bonds. The van der Waals surface area contributed by atoms with Crippen LogP contribution in [0, 0.1) is 5.82 Å². The van der Waals surface area contributed by atoms with Crippen LogP contribution >= 0.6 is 11.6 Å². The van der Waals surface area contributed by atoms with Crippen molar-refractivity contribution in [1.82, 2.24) is 4.90 Å². The highest BCUT2D eigenvalue weighted by Gasteiger charge is 2.46. The molecule has 7 heteroatoms. The van der Waals surface area contributed by atoms with Crippen LogP contribution < -0.4 is 4.74 Å². The molecule has 158 valence electrons. The van der Waals surface area contributed by atoms with Gasteiger partial charge in [0.25, 0.3) is 11.7 Å². The van der Waals surface area contributed by atoms with Crippen molar-refractivity contribution >= 4 is 29.1 Å². The zero-order valence-corrected chi connectivity index (χ0v) is 17.6. The molecule has 1 N–H and O–H groups in total. The predicted molar refractivity (Wildman–Crippen MR) is 113 cm³/mol. The van der Waals surface area contributed by atoms with E-state index < -0.39 is 29.3 Å². The summed E-state index contributed by atoms with van der Waals surface area (Å²) in [5.74, 6) is -2.35. The Bertz CT molecular complexity index is 1000. The van der Waals surface area contributed by atoms with E-state index in [1.807, 2.05) is 6.92 Å². The minimum absolute atomic E-state index is 0.149. The highest BCUT2D eigenvalue weighted by Crippen LogP contribution is 2.42. The molecular weight excluding hydrogens is 409 g/mol. The van der Waals surface area contributed by atoms with Crippen LogP contribution in [0.15, 0.2) is 48.0 Å². The minimum Gasteiger partial charge on any atom is -0.507 e. The number of ketones is 1. The van der Waals surface area contributed by atoms with E-state index in [2.05, 4.69) is 0 Å². The summed E-state index contributed by atoms with van der Waals surface area (Å²) in [5, 5.41) is 11.4. The molecule has 3 rings (SSSR count). The number of hydrogen-bond acceptors (Lipinski definition) is 4. The van der Waals surface area contributed by atoms with Gasteiger partial charge in [0.2, 0.25) is 0 Å². The number of halogens is 2. The van der Waals surface area contributed by atoms with Crippen LogP contribution in [-0.2, 0) is 9.59 Å². The van der Waals surface area contributed by atoms with E-state index in [4.69, 9.17) is 16.3 Å². The number of ether oxygens (including phenoxy) is 1. The Hall–Kier alpha value is -2.86. The van der Waals surface area contributed by atoms with Gasteiger partial charge in [0.15, 0.2) is 0 Å². The van der Waals surface area contributed by atoms with Crippen LogP contribution in [0.2, 0.25) is 5.02 Å². The lowest BCUT2D eigenvalue weighted by Gasteiger charge is -2.25. The second-order valence-electron chi connectivity index (χ2n) is 7.07. The van der Waals surface area contributed by atoms with Gasteiger partial charge in [-0.15, -0.1) is 0 Å². The van der Waals surface area contributed by atoms with Gasteiger partial charge in [-0.1, -0.05) is 49.6 Å². The van der Waals surface area contributed by atoms with Gasteiger partial charge < -0.3 is 14.7 Å². The molecular formula is C23H23ClFNO4. The maximum atomic E-state index is 14.7. The number of aliphatic hydroxyl groups is 1. The number of carbonyl (C=O) groups excluding carboxylic acids is 2. The van der Waals surface area contributed by atoms with Crippen molar-refractivity contribution in [3.63, 3.8) is 0 Å². The van der Waals surface area contributed by atoms with Crippen LogP contribution in [0.25, 0.3) is 5.76 Å². The minimum atomic E-state index is -1.04. The number of Topliss-reactive ketones (excluding diaryl/α,β-unsaturated/α-hetero) is 1. The van der Waals surface area contributed by atoms with Gasteiger partial charge in [0.1, 0.15) is 17.3 Å². The van der Waals surface area contributed by atoms with Crippen molar-refractivity contribution in [2.45, 2.75) is 32.2 Å². The second kappa shape index (κ2) is 9.30. The summed E-state index contributed by atoms with van der Waals surface area (Å²) in [6.07, 6.45) is 2.44. The number of hydrogen-bond donors (Lipinski definition) is 1. The summed E-state index contributed by atoms with van der Waals surface area (Å²) < 4.78 is 20.0. The molecule has 2 aromatic carbocycles. The van der Waals surface area contributed by atoms with Crippen LogP contribution in [0.4, 0.5) is 4.39 Å². The van der Waals surface area contributed by atoms with Gasteiger partial charge in [-0.2, -0.15) is 0 Å². The summed E-state index contributed by atoms with van der Waals surface area (Å²) in [6, 6.07) is 9.47. The third-order valence-electron chi connectivity index (χ3n) is 5.16. The molecule has 5 nitrogen and oxygen atoms in total. The number of benzene rings is 2. The fourth-order valence-electron chi connectivity index (χ4n) is 3.67. The van der Waals surface area contributed by atoms with Crippen LogP contribution in [0.5, 0.6) is 5.75 Å². The summed E-state index contributed by atoms with van der Waals surface area (Å²) in [6.45, 7) is 2.30. The van der Waals surface area contributed by atoms with Gasteiger partial charge in [0, 0.05) is 17.1 Å². The Kier molecular flexibility index (Phi) is 6.77. The molecule has 0 aromatic heterocycles. The maximum Gasteiger partial charge on any atom is 0.295 e. The Labute approximate surface area is 179 Å². The van der Waals surface area contributed by atoms with Crippen molar-refractivity contribution in [3.05, 3.63) is 70.0 Å². The molecule has 1 aliphatic heterocycles. The van der Waals surface area contributed by atoms with E-state index in [1.165, 1.54) is 36.3 Å². The zero-order valence-electron chi connectivity index (χ0n) is 16.8. The van der Waals surface area contributed by atoms with Gasteiger partial charge in [-0.3, -0.25) is 9.59 Å². The lowest BCUT2D eigenvalue weighted by molar-refractivity contribution is -0.139. The predicted octanol–water partition coefficient (Wildman–Crippen LogP) is 5.10. The molecule has 1 heterocycles. The lowest BCUT2D eigenvalue weighted by atomic mass is 9.94. The molecule has 2 aromatic rings. The summed E-state index contributed by atoms with van der Waals surface area (Å²) in [4.78, 5) is 27.1. The van der Waals surface area contributed by atoms with Crippen molar-refractivity contribution < 1.29 is 23.8 Å². The summed E-state index contributed by atoms with van der Waals surface area (Å²) >= 11 is 6.07. The average molecular weight is 432 g/mol. The zero-order chi connectivity index (χ0) is 21.8. The third kappa shape index (κ3) is 4.05. The van der Waals surface area contributed by atoms with E-state index in [1.54, 1.807) is 18.2 Å². The Morgan fingerprint density at radius 3 is 2.60 bits per heavy atom. The largest absolute Gasteiger partial charge is 0.507 e. The molecule has 0 bridgehead atoms. The Balaban J connectivity index is 2.21. The first kappa shape index (κ1) is 21.8. The number of unbranched alkanes of at least 4 members (excludes halogenated alkanes) is 2. The molecule has 30 heavy (non-hydrogen) atoms. The van der Waals surface area contributed by atoms with E-state index in [0.29, 0.717) is 11.4 Å². The molecule has 1 fully saturated rings. The highest BCUT2D eigenvalue weighted by atomic mass is 35.5. The first-order valence-corrected chi connectivity index (χ1v) is 10.1.